The normalized spacial score (nSPS) is 27.2. The molecule has 1 unspecified atom stereocenters. The Kier molecular flexibility index (Phi) is 2.06. The quantitative estimate of drug-likeness (QED) is 0.715. The van der Waals surface area contributed by atoms with Crippen molar-refractivity contribution in [2.75, 3.05) is 5.08 Å². The van der Waals surface area contributed by atoms with E-state index in [1.165, 1.54) is 0 Å². The van der Waals surface area contributed by atoms with Crippen LogP contribution in [0.1, 0.15) is 18.7 Å². The first-order chi connectivity index (χ1) is 7.09. The van der Waals surface area contributed by atoms with Crippen molar-refractivity contribution < 1.29 is 8.95 Å². The van der Waals surface area contributed by atoms with Crippen LogP contribution in [-0.4, -0.2) is 14.9 Å². The fraction of sp³-hybridized carbons (Fsp3) is 0.400. The summed E-state index contributed by atoms with van der Waals surface area (Å²) in [6.07, 6.45) is 0. The first-order valence-corrected chi connectivity index (χ1v) is 7.81. The summed E-state index contributed by atoms with van der Waals surface area (Å²) in [5.41, 5.74) is -0.319. The van der Waals surface area contributed by atoms with Crippen LogP contribution in [0.4, 0.5) is 0 Å². The van der Waals surface area contributed by atoms with Crippen LogP contribution in [0.15, 0.2) is 16.4 Å². The third kappa shape index (κ3) is 1.33. The van der Waals surface area contributed by atoms with Crippen LogP contribution in [0.2, 0.25) is 0 Å². The number of fused-ring (bicyclic) bond motifs is 2. The molecule has 0 amide bonds. The smallest absolute Gasteiger partial charge is 0.139 e. The molecule has 0 N–H and O–H groups in total. The maximum atomic E-state index is 11.9. The van der Waals surface area contributed by atoms with Gasteiger partial charge in [-0.3, -0.25) is 4.21 Å². The summed E-state index contributed by atoms with van der Waals surface area (Å²) in [6.45, 7) is 4.08. The van der Waals surface area contributed by atoms with Crippen LogP contribution in [0.3, 0.4) is 0 Å². The molecule has 1 atom stereocenters. The number of thiophene rings is 1. The highest BCUT2D eigenvalue weighted by molar-refractivity contribution is 8.19. The molecule has 80 valence electrons. The molecule has 0 radical (unpaired) electrons. The van der Waals surface area contributed by atoms with Gasteiger partial charge in [0.25, 0.3) is 0 Å². The van der Waals surface area contributed by atoms with Gasteiger partial charge in [-0.05, 0) is 25.3 Å². The highest BCUT2D eigenvalue weighted by atomic mass is 32.2. The zero-order valence-corrected chi connectivity index (χ0v) is 10.9. The second-order valence-corrected chi connectivity index (χ2v) is 7.65. The van der Waals surface area contributed by atoms with Crippen molar-refractivity contribution in [2.24, 2.45) is 0 Å². The molecule has 2 aliphatic rings. The third-order valence-corrected chi connectivity index (χ3v) is 6.84. The minimum absolute atomic E-state index is 0.319. The number of rotatable bonds is 0. The zero-order valence-electron chi connectivity index (χ0n) is 8.40. The molecule has 3 rings (SSSR count). The van der Waals surface area contributed by atoms with Gasteiger partial charge in [0, 0.05) is 4.91 Å². The van der Waals surface area contributed by atoms with Crippen molar-refractivity contribution in [2.45, 2.75) is 19.4 Å². The highest BCUT2D eigenvalue weighted by Crippen LogP contribution is 2.52. The van der Waals surface area contributed by atoms with E-state index < -0.39 is 10.8 Å². The molecule has 1 aromatic rings. The molecule has 0 aromatic carbocycles. The molecule has 0 saturated heterocycles. The monoisotopic (exact) mass is 258 g/mol. The number of ether oxygens (including phenoxy) is 1. The summed E-state index contributed by atoms with van der Waals surface area (Å²) in [5, 5.41) is 2.67. The number of hydrogen-bond acceptors (Lipinski definition) is 4. The lowest BCUT2D eigenvalue weighted by Crippen LogP contribution is -2.32. The zero-order chi connectivity index (χ0) is 10.6. The lowest BCUT2D eigenvalue weighted by Gasteiger charge is -2.31. The van der Waals surface area contributed by atoms with Crippen LogP contribution >= 0.6 is 23.1 Å². The van der Waals surface area contributed by atoms with E-state index in [9.17, 15) is 4.21 Å². The van der Waals surface area contributed by atoms with E-state index in [-0.39, 0.29) is 5.60 Å². The summed E-state index contributed by atoms with van der Waals surface area (Å²) < 4.78 is 17.9. The SMILES string of the molecule is CC1(C)Oc2ccsc2C2=C1SCS2=O. The molecular weight excluding hydrogens is 248 g/mol. The Labute approximate surface area is 99.2 Å². The molecular formula is C10H10O2S3. The number of thioether (sulfide) groups is 1. The van der Waals surface area contributed by atoms with Gasteiger partial charge >= 0.3 is 0 Å². The molecule has 0 saturated carbocycles. The standard InChI is InChI=1S/C10H10O2S3/c1-10(2)9-8(15(11)5-14-9)7-6(12-10)3-4-13-7/h3-4H,5H2,1-2H3. The fourth-order valence-electron chi connectivity index (χ4n) is 1.86. The molecule has 0 fully saturated rings. The summed E-state index contributed by atoms with van der Waals surface area (Å²) in [7, 11) is -0.853. The van der Waals surface area contributed by atoms with Gasteiger partial charge in [-0.25, -0.2) is 0 Å². The maximum absolute atomic E-state index is 11.9. The Hall–Kier alpha value is -0.260. The van der Waals surface area contributed by atoms with Crippen molar-refractivity contribution in [3.63, 3.8) is 0 Å². The van der Waals surface area contributed by atoms with Crippen LogP contribution in [0.5, 0.6) is 5.75 Å². The third-order valence-electron chi connectivity index (χ3n) is 2.49. The molecule has 5 heteroatoms. The van der Waals surface area contributed by atoms with Gasteiger partial charge in [0.1, 0.15) is 11.4 Å². The minimum atomic E-state index is -0.853. The van der Waals surface area contributed by atoms with Crippen molar-refractivity contribution >= 4 is 38.8 Å². The molecule has 15 heavy (non-hydrogen) atoms. The minimum Gasteiger partial charge on any atom is -0.481 e. The van der Waals surface area contributed by atoms with Gasteiger partial charge in [-0.15, -0.1) is 23.1 Å². The van der Waals surface area contributed by atoms with Crippen molar-refractivity contribution in [1.82, 2.24) is 0 Å². The van der Waals surface area contributed by atoms with E-state index in [1.54, 1.807) is 23.1 Å². The van der Waals surface area contributed by atoms with Gasteiger partial charge in [0.2, 0.25) is 0 Å². The van der Waals surface area contributed by atoms with Crippen LogP contribution in [-0.2, 0) is 10.8 Å². The van der Waals surface area contributed by atoms with E-state index in [0.717, 1.165) is 20.4 Å². The van der Waals surface area contributed by atoms with Crippen LogP contribution in [0, 0.1) is 0 Å². The second kappa shape index (κ2) is 3.12. The summed E-state index contributed by atoms with van der Waals surface area (Å²) in [4.78, 5) is 3.23. The van der Waals surface area contributed by atoms with E-state index in [2.05, 4.69) is 0 Å². The van der Waals surface area contributed by atoms with E-state index in [1.807, 2.05) is 25.3 Å². The average molecular weight is 258 g/mol. The molecule has 1 aromatic heterocycles. The molecule has 0 spiro atoms. The maximum Gasteiger partial charge on any atom is 0.139 e. The second-order valence-electron chi connectivity index (χ2n) is 3.99. The summed E-state index contributed by atoms with van der Waals surface area (Å²) in [6, 6.07) is 1.96. The van der Waals surface area contributed by atoms with E-state index >= 15 is 0 Å². The van der Waals surface area contributed by atoms with Gasteiger partial charge in [-0.1, -0.05) is 0 Å². The van der Waals surface area contributed by atoms with Crippen LogP contribution in [0.25, 0.3) is 4.91 Å². The van der Waals surface area contributed by atoms with Gasteiger partial charge in [0.05, 0.1) is 25.7 Å². The molecule has 3 heterocycles. The summed E-state index contributed by atoms with van der Waals surface area (Å²) >= 11 is 3.29. The van der Waals surface area contributed by atoms with Crippen molar-refractivity contribution in [3.8, 4) is 5.75 Å². The predicted octanol–water partition coefficient (Wildman–Crippen LogP) is 3.04. The largest absolute Gasteiger partial charge is 0.481 e. The van der Waals surface area contributed by atoms with E-state index in [0.29, 0.717) is 5.08 Å². The average Bonchev–Trinajstić information content (AvgIpc) is 2.70. The van der Waals surface area contributed by atoms with Gasteiger partial charge in [0.15, 0.2) is 0 Å². The molecule has 2 nitrogen and oxygen atoms in total. The number of hydrogen-bond donors (Lipinski definition) is 0. The van der Waals surface area contributed by atoms with Crippen molar-refractivity contribution in [3.05, 3.63) is 21.2 Å². The summed E-state index contributed by atoms with van der Waals surface area (Å²) in [5.74, 6) is 0.889. The predicted molar refractivity (Wildman–Crippen MR) is 66.5 cm³/mol. The molecule has 0 bridgehead atoms. The lowest BCUT2D eigenvalue weighted by molar-refractivity contribution is 0.156. The molecule has 0 aliphatic carbocycles. The van der Waals surface area contributed by atoms with Gasteiger partial charge in [-0.2, -0.15) is 0 Å². The lowest BCUT2D eigenvalue weighted by atomic mass is 10.1. The highest BCUT2D eigenvalue weighted by Gasteiger charge is 2.41. The van der Waals surface area contributed by atoms with E-state index in [4.69, 9.17) is 4.74 Å². The van der Waals surface area contributed by atoms with Crippen LogP contribution < -0.4 is 4.74 Å². The Morgan fingerprint density at radius 1 is 1.53 bits per heavy atom. The topological polar surface area (TPSA) is 26.3 Å². The Morgan fingerprint density at radius 3 is 3.13 bits per heavy atom. The van der Waals surface area contributed by atoms with Crippen molar-refractivity contribution in [1.29, 1.82) is 0 Å². The first-order valence-electron chi connectivity index (χ1n) is 4.62. The van der Waals surface area contributed by atoms with Gasteiger partial charge < -0.3 is 4.74 Å². The fourth-order valence-corrected chi connectivity index (χ4v) is 6.32. The molecule has 2 aliphatic heterocycles. The Bertz CT molecular complexity index is 485. The Morgan fingerprint density at radius 2 is 2.33 bits per heavy atom. The Balaban J connectivity index is 2.28. The first kappa shape index (κ1) is 9.93.